The second-order valence-electron chi connectivity index (χ2n) is 1.43. The second-order valence-corrected chi connectivity index (χ2v) is 2.28. The average molecular weight is 268 g/mol. The van der Waals surface area contributed by atoms with Gasteiger partial charge in [-0.05, 0) is 6.26 Å². The molecule has 0 nitrogen and oxygen atoms in total. The van der Waals surface area contributed by atoms with E-state index in [4.69, 9.17) is 0 Å². The first-order valence-corrected chi connectivity index (χ1v) is 10.9. The van der Waals surface area contributed by atoms with E-state index in [1.165, 1.54) is 21.2 Å². The Bertz CT molecular complexity index is 155. The topological polar surface area (TPSA) is 0 Å². The summed E-state index contributed by atoms with van der Waals surface area (Å²) in [5, 5.41) is 0. The minimum atomic E-state index is 1.19. The van der Waals surface area contributed by atoms with Gasteiger partial charge in [-0.15, -0.1) is 4.90 Å². The second kappa shape index (κ2) is 7.78. The number of rotatable bonds is 1. The van der Waals surface area contributed by atoms with Crippen molar-refractivity contribution >= 4 is 25.4 Å². The Labute approximate surface area is 82.8 Å². The van der Waals surface area contributed by atoms with Crippen LogP contribution < -0.4 is 0 Å². The van der Waals surface area contributed by atoms with Crippen LogP contribution in [0.2, 0.25) is 0 Å². The maximum absolute atomic E-state index is 3.08. The summed E-state index contributed by atoms with van der Waals surface area (Å²) in [6, 6.07) is 11.0. The third-order valence-corrected chi connectivity index (χ3v) is 1.59. The van der Waals surface area contributed by atoms with E-state index in [9.17, 15) is 0 Å². The van der Waals surface area contributed by atoms with Crippen LogP contribution in [0.3, 0.4) is 0 Å². The molecule has 0 bridgehead atoms. The van der Waals surface area contributed by atoms with E-state index in [0.29, 0.717) is 0 Å². The van der Waals surface area contributed by atoms with Gasteiger partial charge in [0.05, 0.1) is 0 Å². The molecule has 0 atom stereocenters. The predicted octanol–water partition coefficient (Wildman–Crippen LogP) is 3.05. The van der Waals surface area contributed by atoms with Crippen molar-refractivity contribution in [2.75, 3.05) is 6.26 Å². The third kappa shape index (κ3) is 4.48. The summed E-state index contributed by atoms with van der Waals surface area (Å²) in [4.78, 5) is 1.20. The molecule has 0 aliphatic rings. The molecule has 0 radical (unpaired) electrons. The number of halogens is 1. The van der Waals surface area contributed by atoms with Crippen LogP contribution in [0.5, 0.6) is 0 Å². The zero-order valence-corrected chi connectivity index (χ0v) is 11.2. The standard InChI is InChI=1S/C7H7S.BrH.Zn/c1-8-7-5-3-2-4-6-7;;/h2-5H,1H3;1H;/q-1;;+2/p-1. The first-order chi connectivity index (χ1) is 4.93. The first-order valence-electron chi connectivity index (χ1n) is 2.71. The van der Waals surface area contributed by atoms with Crippen LogP contribution in [0.15, 0.2) is 29.2 Å². The molecule has 0 heterocycles. The molecule has 0 aliphatic carbocycles. The zero-order valence-electron chi connectivity index (χ0n) is 5.80. The molecule has 1 aromatic carbocycles. The van der Waals surface area contributed by atoms with Gasteiger partial charge >= 0.3 is 30.0 Å². The molecule has 0 amide bonds. The van der Waals surface area contributed by atoms with Gasteiger partial charge in [-0.2, -0.15) is 42.1 Å². The SMILES string of the molecule is CSc1[c-]cccc1.[Zn+][Br]. The number of thioether (sulfide) groups is 1. The van der Waals surface area contributed by atoms with Crippen molar-refractivity contribution in [3.63, 3.8) is 0 Å². The van der Waals surface area contributed by atoms with Crippen LogP contribution in [0.25, 0.3) is 0 Å². The normalized spacial score (nSPS) is 8.00. The van der Waals surface area contributed by atoms with Crippen LogP contribution in [-0.2, 0) is 16.3 Å². The quantitative estimate of drug-likeness (QED) is 0.428. The van der Waals surface area contributed by atoms with Gasteiger partial charge in [0.2, 0.25) is 0 Å². The zero-order chi connectivity index (χ0) is 7.82. The summed E-state index contributed by atoms with van der Waals surface area (Å²) in [6.45, 7) is 0. The Morgan fingerprint density at radius 1 is 1.50 bits per heavy atom. The van der Waals surface area contributed by atoms with E-state index in [-0.39, 0.29) is 0 Å². The minimum absolute atomic E-state index is 1.19. The van der Waals surface area contributed by atoms with Gasteiger partial charge in [-0.3, -0.25) is 0 Å². The Hall–Kier alpha value is 0.673. The van der Waals surface area contributed by atoms with Crippen molar-refractivity contribution in [1.29, 1.82) is 0 Å². The van der Waals surface area contributed by atoms with Crippen molar-refractivity contribution in [3.05, 3.63) is 30.3 Å². The van der Waals surface area contributed by atoms with Gasteiger partial charge in [-0.25, -0.2) is 0 Å². The van der Waals surface area contributed by atoms with Crippen LogP contribution in [0.4, 0.5) is 0 Å². The van der Waals surface area contributed by atoms with Crippen molar-refractivity contribution in [1.82, 2.24) is 0 Å². The molecule has 0 N–H and O–H groups in total. The summed E-state index contributed by atoms with van der Waals surface area (Å²) in [6.07, 6.45) is 2.05. The fourth-order valence-corrected chi connectivity index (χ4v) is 0.904. The summed E-state index contributed by atoms with van der Waals surface area (Å²) in [5.74, 6) is 0. The molecular weight excluding hydrogens is 261 g/mol. The molecule has 0 saturated heterocycles. The van der Waals surface area contributed by atoms with E-state index in [1.807, 2.05) is 30.5 Å². The summed E-state index contributed by atoms with van der Waals surface area (Å²) >= 11 is 5.96. The van der Waals surface area contributed by atoms with Crippen molar-refractivity contribution < 1.29 is 16.3 Å². The molecule has 3 heteroatoms. The summed E-state index contributed by atoms with van der Waals surface area (Å²) < 4.78 is 0. The monoisotopic (exact) mass is 266 g/mol. The fourth-order valence-electron chi connectivity index (χ4n) is 0.504. The van der Waals surface area contributed by atoms with Crippen LogP contribution in [0.1, 0.15) is 0 Å². The molecule has 10 heavy (non-hydrogen) atoms. The van der Waals surface area contributed by atoms with Crippen molar-refractivity contribution in [2.24, 2.45) is 0 Å². The molecule has 0 aliphatic heterocycles. The van der Waals surface area contributed by atoms with Gasteiger partial charge in [0, 0.05) is 0 Å². The first kappa shape index (κ1) is 10.7. The van der Waals surface area contributed by atoms with Gasteiger partial charge in [-0.1, -0.05) is 0 Å². The third-order valence-electron chi connectivity index (χ3n) is 0.900. The predicted molar refractivity (Wildman–Crippen MR) is 46.0 cm³/mol. The van der Waals surface area contributed by atoms with E-state index in [2.05, 4.69) is 19.7 Å². The van der Waals surface area contributed by atoms with Gasteiger partial charge < -0.3 is 0 Å². The molecule has 0 spiro atoms. The number of benzene rings is 1. The molecule has 0 saturated carbocycles. The van der Waals surface area contributed by atoms with Crippen LogP contribution >= 0.6 is 25.4 Å². The van der Waals surface area contributed by atoms with Gasteiger partial charge in [0.1, 0.15) is 0 Å². The maximum atomic E-state index is 3.08. The van der Waals surface area contributed by atoms with Crippen LogP contribution in [-0.4, -0.2) is 6.26 Å². The van der Waals surface area contributed by atoms with E-state index >= 15 is 0 Å². The Morgan fingerprint density at radius 3 is 2.50 bits per heavy atom. The van der Waals surface area contributed by atoms with Crippen molar-refractivity contribution in [2.45, 2.75) is 4.90 Å². The van der Waals surface area contributed by atoms with Crippen LogP contribution in [0, 0.1) is 6.07 Å². The van der Waals surface area contributed by atoms with E-state index < -0.39 is 0 Å². The van der Waals surface area contributed by atoms with E-state index in [1.54, 1.807) is 11.8 Å². The summed E-state index contributed by atoms with van der Waals surface area (Å²) in [5.41, 5.74) is 0. The number of hydrogen-bond donors (Lipinski definition) is 0. The molecule has 50 valence electrons. The molecule has 0 aromatic heterocycles. The molecule has 1 rings (SSSR count). The van der Waals surface area contributed by atoms with Gasteiger partial charge in [0.25, 0.3) is 0 Å². The van der Waals surface area contributed by atoms with Gasteiger partial charge in [0.15, 0.2) is 0 Å². The Kier molecular flexibility index (Phi) is 8.30. The van der Waals surface area contributed by atoms with E-state index in [0.717, 1.165) is 0 Å². The van der Waals surface area contributed by atoms with Crippen molar-refractivity contribution in [3.8, 4) is 0 Å². The Balaban J connectivity index is 0.000000371. The molecule has 0 fully saturated rings. The number of hydrogen-bond acceptors (Lipinski definition) is 1. The summed E-state index contributed by atoms with van der Waals surface area (Å²) in [7, 11) is 0. The fraction of sp³-hybridized carbons (Fsp3) is 0.143. The molecule has 0 unspecified atom stereocenters. The molecule has 1 aromatic rings. The molecular formula is C7H7BrSZn. The average Bonchev–Trinajstić information content (AvgIpc) is 2.10. The Morgan fingerprint density at radius 2 is 2.20 bits per heavy atom.